The number of nitrogens with one attached hydrogen (secondary N) is 1. The maximum absolute atomic E-state index is 5.26. The Kier molecular flexibility index (Phi) is 3.88. The molecule has 1 rings (SSSR count). The summed E-state index contributed by atoms with van der Waals surface area (Å²) in [4.78, 5) is 4.14. The molecule has 1 aromatic heterocycles. The highest BCUT2D eigenvalue weighted by Crippen LogP contribution is 2.23. The van der Waals surface area contributed by atoms with Crippen LogP contribution in [0.5, 0.6) is 0 Å². The lowest BCUT2D eigenvalue weighted by molar-refractivity contribution is 0.653. The van der Waals surface area contributed by atoms with Crippen LogP contribution in [-0.2, 0) is 0 Å². The van der Waals surface area contributed by atoms with Crippen molar-refractivity contribution >= 4 is 31.9 Å². The minimum atomic E-state index is -0.373. The molecule has 1 aromatic rings. The lowest BCUT2D eigenvalue weighted by atomic mass is 10.2. The zero-order valence-electron chi connectivity index (χ0n) is 6.59. The van der Waals surface area contributed by atoms with Gasteiger partial charge >= 0.3 is 0 Å². The van der Waals surface area contributed by atoms with Crippen molar-refractivity contribution in [3.05, 3.63) is 26.9 Å². The van der Waals surface area contributed by atoms with Gasteiger partial charge in [0.15, 0.2) is 0 Å². The van der Waals surface area contributed by atoms with Gasteiger partial charge in [-0.15, -0.1) is 6.42 Å². The SMILES string of the molecule is C#CC(NN)c1ncc(Br)cc1Br. The first-order valence-corrected chi connectivity index (χ1v) is 5.01. The van der Waals surface area contributed by atoms with E-state index < -0.39 is 0 Å². The number of nitrogens with two attached hydrogens (primary N) is 1. The summed E-state index contributed by atoms with van der Waals surface area (Å²) in [6, 6.07) is 1.49. The van der Waals surface area contributed by atoms with E-state index in [0.29, 0.717) is 5.69 Å². The number of rotatable bonds is 2. The number of terminal acetylenes is 1. The Balaban J connectivity index is 3.09. The van der Waals surface area contributed by atoms with Crippen molar-refractivity contribution in [3.8, 4) is 12.3 Å². The molecule has 0 amide bonds. The van der Waals surface area contributed by atoms with Crippen molar-refractivity contribution < 1.29 is 0 Å². The molecule has 1 atom stereocenters. The number of hydrogen-bond donors (Lipinski definition) is 2. The first-order chi connectivity index (χ1) is 6.19. The van der Waals surface area contributed by atoms with Gasteiger partial charge in [-0.1, -0.05) is 5.92 Å². The van der Waals surface area contributed by atoms with Gasteiger partial charge in [-0.25, -0.2) is 5.43 Å². The van der Waals surface area contributed by atoms with Crippen LogP contribution in [0.2, 0.25) is 0 Å². The van der Waals surface area contributed by atoms with E-state index in [-0.39, 0.29) is 6.04 Å². The number of aromatic nitrogens is 1. The molecule has 3 nitrogen and oxygen atoms in total. The minimum absolute atomic E-state index is 0.373. The van der Waals surface area contributed by atoms with Crippen molar-refractivity contribution in [2.75, 3.05) is 0 Å². The van der Waals surface area contributed by atoms with E-state index >= 15 is 0 Å². The van der Waals surface area contributed by atoms with Crippen LogP contribution in [0.25, 0.3) is 0 Å². The maximum atomic E-state index is 5.26. The topological polar surface area (TPSA) is 50.9 Å². The zero-order chi connectivity index (χ0) is 9.84. The number of pyridine rings is 1. The van der Waals surface area contributed by atoms with E-state index in [4.69, 9.17) is 12.3 Å². The van der Waals surface area contributed by atoms with Gasteiger partial charge in [0.1, 0.15) is 6.04 Å². The first kappa shape index (κ1) is 10.7. The molecule has 13 heavy (non-hydrogen) atoms. The van der Waals surface area contributed by atoms with E-state index in [9.17, 15) is 0 Å². The zero-order valence-corrected chi connectivity index (χ0v) is 9.76. The third-order valence-electron chi connectivity index (χ3n) is 1.44. The van der Waals surface area contributed by atoms with Crippen molar-refractivity contribution in [3.63, 3.8) is 0 Å². The van der Waals surface area contributed by atoms with E-state index in [1.807, 2.05) is 6.07 Å². The van der Waals surface area contributed by atoms with Crippen molar-refractivity contribution in [2.24, 2.45) is 5.84 Å². The molecule has 0 aromatic carbocycles. The predicted molar refractivity (Wildman–Crippen MR) is 58.5 cm³/mol. The average Bonchev–Trinajstić information content (AvgIpc) is 2.10. The first-order valence-electron chi connectivity index (χ1n) is 3.42. The lowest BCUT2D eigenvalue weighted by Crippen LogP contribution is -2.27. The fourth-order valence-electron chi connectivity index (χ4n) is 0.844. The summed E-state index contributed by atoms with van der Waals surface area (Å²) >= 11 is 6.64. The van der Waals surface area contributed by atoms with Gasteiger partial charge in [0.25, 0.3) is 0 Å². The molecule has 0 fully saturated rings. The van der Waals surface area contributed by atoms with Gasteiger partial charge in [-0.05, 0) is 37.9 Å². The number of halogens is 2. The number of hydrazine groups is 1. The third-order valence-corrected chi connectivity index (χ3v) is 2.51. The van der Waals surface area contributed by atoms with Gasteiger partial charge < -0.3 is 0 Å². The smallest absolute Gasteiger partial charge is 0.125 e. The fraction of sp³-hybridized carbons (Fsp3) is 0.125. The maximum Gasteiger partial charge on any atom is 0.125 e. The molecule has 0 bridgehead atoms. The standard InChI is InChI=1S/C8H7Br2N3/c1-2-7(13-11)8-6(10)3-5(9)4-12-8/h1,3-4,7,13H,11H2. The second kappa shape index (κ2) is 4.72. The Morgan fingerprint density at radius 3 is 2.77 bits per heavy atom. The summed E-state index contributed by atoms with van der Waals surface area (Å²) in [5.41, 5.74) is 3.19. The molecule has 1 unspecified atom stereocenters. The molecule has 0 saturated heterocycles. The summed E-state index contributed by atoms with van der Waals surface area (Å²) < 4.78 is 1.71. The third kappa shape index (κ3) is 2.51. The van der Waals surface area contributed by atoms with Crippen LogP contribution in [0.3, 0.4) is 0 Å². The van der Waals surface area contributed by atoms with Gasteiger partial charge in [0, 0.05) is 15.1 Å². The van der Waals surface area contributed by atoms with E-state index in [2.05, 4.69) is 48.2 Å². The van der Waals surface area contributed by atoms with Crippen LogP contribution < -0.4 is 11.3 Å². The second-order valence-electron chi connectivity index (χ2n) is 2.29. The van der Waals surface area contributed by atoms with Crippen molar-refractivity contribution in [2.45, 2.75) is 6.04 Å². The molecule has 0 aliphatic carbocycles. The molecular weight excluding hydrogens is 298 g/mol. The van der Waals surface area contributed by atoms with Crippen LogP contribution in [0.1, 0.15) is 11.7 Å². The second-order valence-corrected chi connectivity index (χ2v) is 4.06. The van der Waals surface area contributed by atoms with E-state index in [1.165, 1.54) is 0 Å². The summed E-state index contributed by atoms with van der Waals surface area (Å²) in [7, 11) is 0. The molecule has 68 valence electrons. The van der Waals surface area contributed by atoms with Crippen LogP contribution >= 0.6 is 31.9 Å². The molecule has 0 saturated carbocycles. The largest absolute Gasteiger partial charge is 0.270 e. The highest BCUT2D eigenvalue weighted by Gasteiger charge is 2.11. The molecular formula is C8H7Br2N3. The Morgan fingerprint density at radius 2 is 2.31 bits per heavy atom. The van der Waals surface area contributed by atoms with Crippen LogP contribution in [0.4, 0.5) is 0 Å². The van der Waals surface area contributed by atoms with Crippen LogP contribution in [0, 0.1) is 12.3 Å². The quantitative estimate of drug-likeness (QED) is 0.497. The Labute approximate surface area is 93.3 Å². The normalized spacial score (nSPS) is 12.2. The summed E-state index contributed by atoms with van der Waals surface area (Å²) in [6.07, 6.45) is 6.93. The molecule has 5 heteroatoms. The number of nitrogens with zero attached hydrogens (tertiary/aromatic N) is 1. The Morgan fingerprint density at radius 1 is 1.62 bits per heavy atom. The lowest BCUT2D eigenvalue weighted by Gasteiger charge is -2.10. The van der Waals surface area contributed by atoms with E-state index in [1.54, 1.807) is 6.20 Å². The molecule has 0 radical (unpaired) electrons. The molecule has 0 aliphatic heterocycles. The molecule has 1 heterocycles. The van der Waals surface area contributed by atoms with Crippen molar-refractivity contribution in [1.29, 1.82) is 0 Å². The summed E-state index contributed by atoms with van der Waals surface area (Å²) in [6.45, 7) is 0. The number of hydrogen-bond acceptors (Lipinski definition) is 3. The molecule has 0 aliphatic rings. The summed E-state index contributed by atoms with van der Waals surface area (Å²) in [5, 5.41) is 0. The molecule has 3 N–H and O–H groups in total. The highest BCUT2D eigenvalue weighted by molar-refractivity contribution is 9.11. The average molecular weight is 305 g/mol. The molecule has 0 spiro atoms. The van der Waals surface area contributed by atoms with Gasteiger partial charge in [0.2, 0.25) is 0 Å². The Bertz CT molecular complexity index is 346. The monoisotopic (exact) mass is 303 g/mol. The van der Waals surface area contributed by atoms with Gasteiger partial charge in [0.05, 0.1) is 5.69 Å². The summed E-state index contributed by atoms with van der Waals surface area (Å²) in [5.74, 6) is 7.74. The van der Waals surface area contributed by atoms with Crippen molar-refractivity contribution in [1.82, 2.24) is 10.4 Å². The fourth-order valence-corrected chi connectivity index (χ4v) is 2.06. The van der Waals surface area contributed by atoms with Gasteiger partial charge in [-0.3, -0.25) is 10.8 Å². The highest BCUT2D eigenvalue weighted by atomic mass is 79.9. The van der Waals surface area contributed by atoms with E-state index in [0.717, 1.165) is 8.95 Å². The van der Waals surface area contributed by atoms with Crippen LogP contribution in [-0.4, -0.2) is 4.98 Å². The predicted octanol–water partition coefficient (Wildman–Crippen LogP) is 1.74. The minimum Gasteiger partial charge on any atom is -0.270 e. The van der Waals surface area contributed by atoms with Gasteiger partial charge in [-0.2, -0.15) is 0 Å². The van der Waals surface area contributed by atoms with Crippen LogP contribution in [0.15, 0.2) is 21.2 Å². The Hall–Kier alpha value is -0.410.